The van der Waals surface area contributed by atoms with Crippen LogP contribution in [0, 0.1) is 5.92 Å². The highest BCUT2D eigenvalue weighted by Crippen LogP contribution is 2.40. The molecule has 1 aromatic carbocycles. The van der Waals surface area contributed by atoms with Crippen LogP contribution < -0.4 is 15.8 Å². The minimum absolute atomic E-state index is 0.0448. The van der Waals surface area contributed by atoms with Crippen molar-refractivity contribution in [3.63, 3.8) is 0 Å². The molecule has 0 saturated carbocycles. The van der Waals surface area contributed by atoms with Gasteiger partial charge in [0.05, 0.1) is 16.4 Å². The molecule has 24 heavy (non-hydrogen) atoms. The van der Waals surface area contributed by atoms with Gasteiger partial charge in [-0.2, -0.15) is 0 Å². The highest BCUT2D eigenvalue weighted by Gasteiger charge is 2.25. The molecule has 2 heterocycles. The van der Waals surface area contributed by atoms with E-state index in [1.54, 1.807) is 12.3 Å². The lowest BCUT2D eigenvalue weighted by Gasteiger charge is -2.13. The SMILES string of the molecule is CC(C)C(=O)Nc1cccnc1-c1cc(Cl)c2c(c1)C[C@H](CN)O2. The smallest absolute Gasteiger partial charge is 0.226 e. The van der Waals surface area contributed by atoms with Crippen LogP contribution in [0.4, 0.5) is 5.69 Å². The Labute approximate surface area is 146 Å². The Hall–Kier alpha value is -2.11. The van der Waals surface area contributed by atoms with Gasteiger partial charge in [0.2, 0.25) is 5.91 Å². The molecule has 5 nitrogen and oxygen atoms in total. The number of halogens is 1. The lowest BCUT2D eigenvalue weighted by Crippen LogP contribution is -2.24. The van der Waals surface area contributed by atoms with Crippen molar-refractivity contribution < 1.29 is 9.53 Å². The highest BCUT2D eigenvalue weighted by atomic mass is 35.5. The van der Waals surface area contributed by atoms with E-state index in [9.17, 15) is 4.79 Å². The molecule has 1 amide bonds. The van der Waals surface area contributed by atoms with E-state index in [0.29, 0.717) is 28.7 Å². The van der Waals surface area contributed by atoms with Crippen LogP contribution in [-0.2, 0) is 11.2 Å². The Balaban J connectivity index is 1.99. The zero-order valence-corrected chi connectivity index (χ0v) is 14.4. The van der Waals surface area contributed by atoms with Gasteiger partial charge in [0.15, 0.2) is 0 Å². The highest BCUT2D eigenvalue weighted by molar-refractivity contribution is 6.32. The van der Waals surface area contributed by atoms with Crippen molar-refractivity contribution in [2.75, 3.05) is 11.9 Å². The Morgan fingerprint density at radius 3 is 3.00 bits per heavy atom. The van der Waals surface area contributed by atoms with E-state index in [-0.39, 0.29) is 17.9 Å². The summed E-state index contributed by atoms with van der Waals surface area (Å²) in [4.78, 5) is 16.5. The van der Waals surface area contributed by atoms with Gasteiger partial charge in [-0.15, -0.1) is 0 Å². The first-order chi connectivity index (χ1) is 11.5. The molecule has 1 aliphatic rings. The summed E-state index contributed by atoms with van der Waals surface area (Å²) in [5.41, 5.74) is 8.91. The Morgan fingerprint density at radius 2 is 2.29 bits per heavy atom. The maximum Gasteiger partial charge on any atom is 0.226 e. The van der Waals surface area contributed by atoms with Gasteiger partial charge in [-0.05, 0) is 24.3 Å². The number of carbonyl (C=O) groups excluding carboxylic acids is 1. The molecular weight excluding hydrogens is 326 g/mol. The first-order valence-corrected chi connectivity index (χ1v) is 8.32. The quantitative estimate of drug-likeness (QED) is 0.891. The minimum atomic E-state index is -0.111. The van der Waals surface area contributed by atoms with E-state index in [1.807, 2.05) is 32.0 Å². The zero-order chi connectivity index (χ0) is 17.3. The Bertz CT molecular complexity index is 777. The van der Waals surface area contributed by atoms with Gasteiger partial charge in [0.25, 0.3) is 0 Å². The molecule has 0 unspecified atom stereocenters. The molecule has 0 aliphatic carbocycles. The van der Waals surface area contributed by atoms with Crippen molar-refractivity contribution in [1.29, 1.82) is 0 Å². The predicted molar refractivity (Wildman–Crippen MR) is 95.3 cm³/mol. The molecule has 1 aromatic heterocycles. The summed E-state index contributed by atoms with van der Waals surface area (Å²) in [5.74, 6) is 0.531. The second-order valence-corrected chi connectivity index (χ2v) is 6.58. The number of carbonyl (C=O) groups is 1. The third-order valence-electron chi connectivity index (χ3n) is 3.98. The van der Waals surface area contributed by atoms with E-state index in [1.165, 1.54) is 0 Å². The Kier molecular flexibility index (Phi) is 4.73. The van der Waals surface area contributed by atoms with Crippen molar-refractivity contribution in [3.8, 4) is 17.0 Å². The summed E-state index contributed by atoms with van der Waals surface area (Å²) in [5, 5.41) is 3.45. The summed E-state index contributed by atoms with van der Waals surface area (Å²) < 4.78 is 5.76. The molecule has 3 N–H and O–H groups in total. The normalized spacial score (nSPS) is 16.0. The number of pyridine rings is 1. The third kappa shape index (κ3) is 3.23. The number of nitrogens with one attached hydrogen (secondary N) is 1. The van der Waals surface area contributed by atoms with Crippen molar-refractivity contribution in [3.05, 3.63) is 41.0 Å². The molecule has 2 aromatic rings. The summed E-state index contributed by atoms with van der Waals surface area (Å²) in [6, 6.07) is 7.45. The van der Waals surface area contributed by atoms with E-state index < -0.39 is 0 Å². The lowest BCUT2D eigenvalue weighted by molar-refractivity contribution is -0.118. The second kappa shape index (κ2) is 6.79. The minimum Gasteiger partial charge on any atom is -0.487 e. The molecule has 0 spiro atoms. The molecule has 0 bridgehead atoms. The van der Waals surface area contributed by atoms with Crippen LogP contribution in [0.1, 0.15) is 19.4 Å². The van der Waals surface area contributed by atoms with E-state index in [2.05, 4.69) is 10.3 Å². The summed E-state index contributed by atoms with van der Waals surface area (Å²) in [6.45, 7) is 4.14. The number of hydrogen-bond donors (Lipinski definition) is 2. The summed E-state index contributed by atoms with van der Waals surface area (Å²) in [7, 11) is 0. The number of fused-ring (bicyclic) bond motifs is 1. The van der Waals surface area contributed by atoms with Crippen LogP contribution in [0.15, 0.2) is 30.5 Å². The molecular formula is C18H20ClN3O2. The molecule has 0 saturated heterocycles. The van der Waals surface area contributed by atoms with E-state index in [4.69, 9.17) is 22.1 Å². The fraction of sp³-hybridized carbons (Fsp3) is 0.333. The van der Waals surface area contributed by atoms with E-state index >= 15 is 0 Å². The average molecular weight is 346 g/mol. The van der Waals surface area contributed by atoms with Crippen LogP contribution >= 0.6 is 11.6 Å². The van der Waals surface area contributed by atoms with Gasteiger partial charge in [-0.25, -0.2) is 0 Å². The number of ether oxygens (including phenoxy) is 1. The van der Waals surface area contributed by atoms with Crippen LogP contribution in [-0.4, -0.2) is 23.5 Å². The van der Waals surface area contributed by atoms with Crippen molar-refractivity contribution in [2.45, 2.75) is 26.4 Å². The van der Waals surface area contributed by atoms with Gasteiger partial charge < -0.3 is 15.8 Å². The van der Waals surface area contributed by atoms with Gasteiger partial charge in [-0.1, -0.05) is 25.4 Å². The molecule has 1 aliphatic heterocycles. The monoisotopic (exact) mass is 345 g/mol. The van der Waals surface area contributed by atoms with Crippen molar-refractivity contribution >= 4 is 23.2 Å². The van der Waals surface area contributed by atoms with Crippen LogP contribution in [0.2, 0.25) is 5.02 Å². The number of nitrogens with zero attached hydrogens (tertiary/aromatic N) is 1. The first-order valence-electron chi connectivity index (χ1n) is 7.95. The average Bonchev–Trinajstić information content (AvgIpc) is 2.99. The Morgan fingerprint density at radius 1 is 1.50 bits per heavy atom. The van der Waals surface area contributed by atoms with Gasteiger partial charge in [0.1, 0.15) is 11.9 Å². The maximum absolute atomic E-state index is 12.0. The van der Waals surface area contributed by atoms with E-state index in [0.717, 1.165) is 17.5 Å². The first kappa shape index (κ1) is 16.7. The van der Waals surface area contributed by atoms with Gasteiger partial charge >= 0.3 is 0 Å². The number of anilines is 1. The molecule has 0 radical (unpaired) electrons. The molecule has 3 rings (SSSR count). The van der Waals surface area contributed by atoms with Crippen LogP contribution in [0.25, 0.3) is 11.3 Å². The fourth-order valence-electron chi connectivity index (χ4n) is 2.67. The fourth-order valence-corrected chi connectivity index (χ4v) is 2.95. The number of nitrogens with two attached hydrogens (primary N) is 1. The van der Waals surface area contributed by atoms with Crippen LogP contribution in [0.3, 0.4) is 0 Å². The number of amides is 1. The van der Waals surface area contributed by atoms with Crippen molar-refractivity contribution in [2.24, 2.45) is 11.7 Å². The van der Waals surface area contributed by atoms with Crippen LogP contribution in [0.5, 0.6) is 5.75 Å². The molecule has 6 heteroatoms. The predicted octanol–water partition coefficient (Wildman–Crippen LogP) is 3.26. The summed E-state index contributed by atoms with van der Waals surface area (Å²) in [6.07, 6.45) is 2.37. The zero-order valence-electron chi connectivity index (χ0n) is 13.7. The van der Waals surface area contributed by atoms with Gasteiger partial charge in [0, 0.05) is 36.2 Å². The topological polar surface area (TPSA) is 77.2 Å². The molecule has 126 valence electrons. The number of hydrogen-bond acceptors (Lipinski definition) is 4. The van der Waals surface area contributed by atoms with Gasteiger partial charge in [-0.3, -0.25) is 9.78 Å². The number of aromatic nitrogens is 1. The molecule has 1 atom stereocenters. The molecule has 0 fully saturated rings. The van der Waals surface area contributed by atoms with Crippen molar-refractivity contribution in [1.82, 2.24) is 4.98 Å². The summed E-state index contributed by atoms with van der Waals surface area (Å²) >= 11 is 6.37. The number of benzene rings is 1. The second-order valence-electron chi connectivity index (χ2n) is 6.17. The lowest BCUT2D eigenvalue weighted by atomic mass is 10.0. The standard InChI is InChI=1S/C18H20ClN3O2/c1-10(2)18(23)22-15-4-3-5-21-16(15)11-6-12-7-13(9-20)24-17(12)14(19)8-11/h3-6,8,10,13H,7,9,20H2,1-2H3,(H,22,23)/t13-/m1/s1. The largest absolute Gasteiger partial charge is 0.487 e. The third-order valence-corrected chi connectivity index (χ3v) is 4.26. The maximum atomic E-state index is 12.0. The number of rotatable bonds is 4.